The Morgan fingerprint density at radius 2 is 1.74 bits per heavy atom. The van der Waals surface area contributed by atoms with Crippen LogP contribution < -0.4 is 0 Å². The highest BCUT2D eigenvalue weighted by atomic mass is 127. The first-order chi connectivity index (χ1) is 10.2. The normalized spacial score (nSPS) is 16.4. The zero-order valence-electron chi connectivity index (χ0n) is 15.8. The number of carbonyl (C=O) groups is 1. The number of halogens is 1. The number of aliphatic hydroxyl groups excluding tert-OH is 1. The number of esters is 1. The summed E-state index contributed by atoms with van der Waals surface area (Å²) in [4.78, 5) is 11.7. The summed E-state index contributed by atoms with van der Waals surface area (Å²) in [5.74, 6) is -0.368. The highest BCUT2D eigenvalue weighted by Crippen LogP contribution is 2.38. The van der Waals surface area contributed by atoms with Crippen molar-refractivity contribution in [1.29, 1.82) is 0 Å². The van der Waals surface area contributed by atoms with Crippen molar-refractivity contribution >= 4 is 36.9 Å². The molecule has 1 N–H and O–H groups in total. The van der Waals surface area contributed by atoms with Gasteiger partial charge in [-0.05, 0) is 45.3 Å². The molecule has 4 nitrogen and oxygen atoms in total. The third-order valence-electron chi connectivity index (χ3n) is 3.87. The molecule has 0 fully saturated rings. The van der Waals surface area contributed by atoms with Crippen LogP contribution in [0.2, 0.25) is 18.1 Å². The minimum atomic E-state index is -1.98. The largest absolute Gasteiger partial charge is 0.457 e. The van der Waals surface area contributed by atoms with Gasteiger partial charge in [-0.2, -0.15) is 0 Å². The monoisotopic (exact) mass is 456 g/mol. The maximum atomic E-state index is 11.7. The van der Waals surface area contributed by atoms with Crippen molar-refractivity contribution in [3.05, 3.63) is 12.2 Å². The third kappa shape index (κ3) is 9.21. The van der Waals surface area contributed by atoms with Gasteiger partial charge in [0.05, 0.1) is 12.2 Å². The molecule has 0 aliphatic rings. The Morgan fingerprint density at radius 1 is 1.22 bits per heavy atom. The number of aliphatic hydroxyl groups is 1. The summed E-state index contributed by atoms with van der Waals surface area (Å²) in [5.41, 5.74) is -0.500. The van der Waals surface area contributed by atoms with E-state index >= 15 is 0 Å². The second-order valence-electron chi connectivity index (χ2n) is 8.31. The molecule has 0 saturated carbocycles. The van der Waals surface area contributed by atoms with Crippen LogP contribution in [0.25, 0.3) is 0 Å². The van der Waals surface area contributed by atoms with Crippen molar-refractivity contribution in [3.63, 3.8) is 0 Å². The lowest BCUT2D eigenvalue weighted by Crippen LogP contribution is -2.47. The molecular formula is C17H33IO4Si. The van der Waals surface area contributed by atoms with E-state index in [2.05, 4.69) is 56.5 Å². The van der Waals surface area contributed by atoms with Gasteiger partial charge in [-0.1, -0.05) is 49.4 Å². The summed E-state index contributed by atoms with van der Waals surface area (Å²) < 4.78 is 12.2. The fourth-order valence-electron chi connectivity index (χ4n) is 1.57. The molecule has 0 aromatic heterocycles. The second kappa shape index (κ2) is 8.96. The van der Waals surface area contributed by atoms with E-state index in [1.807, 2.05) is 20.8 Å². The second-order valence-corrected chi connectivity index (χ2v) is 13.9. The molecule has 136 valence electrons. The fourth-order valence-corrected chi connectivity index (χ4v) is 3.50. The number of hydrogen-bond donors (Lipinski definition) is 1. The number of hydrogen-bond acceptors (Lipinski definition) is 4. The van der Waals surface area contributed by atoms with Gasteiger partial charge in [0.2, 0.25) is 0 Å². The number of alkyl halides is 1. The average Bonchev–Trinajstić information content (AvgIpc) is 2.32. The first-order valence-electron chi connectivity index (χ1n) is 8.01. The summed E-state index contributed by atoms with van der Waals surface area (Å²) in [6, 6.07) is 0. The van der Waals surface area contributed by atoms with Crippen LogP contribution >= 0.6 is 22.6 Å². The highest BCUT2D eigenvalue weighted by Gasteiger charge is 2.40. The van der Waals surface area contributed by atoms with Crippen LogP contribution in [0.3, 0.4) is 0 Å². The van der Waals surface area contributed by atoms with Gasteiger partial charge in [0.1, 0.15) is 5.60 Å². The fraction of sp³-hybridized carbons (Fsp3) is 0.824. The van der Waals surface area contributed by atoms with Gasteiger partial charge in [-0.3, -0.25) is 0 Å². The Kier molecular flexibility index (Phi) is 8.99. The quantitative estimate of drug-likeness (QED) is 0.202. The van der Waals surface area contributed by atoms with Crippen LogP contribution in [0.1, 0.15) is 48.0 Å². The van der Waals surface area contributed by atoms with E-state index in [4.69, 9.17) is 9.16 Å². The highest BCUT2D eigenvalue weighted by molar-refractivity contribution is 14.1. The van der Waals surface area contributed by atoms with E-state index in [1.54, 1.807) is 6.08 Å². The molecule has 0 amide bonds. The lowest BCUT2D eigenvalue weighted by atomic mass is 10.1. The van der Waals surface area contributed by atoms with E-state index in [1.165, 1.54) is 6.08 Å². The summed E-state index contributed by atoms with van der Waals surface area (Å²) in [5, 5.41) is 10.3. The number of rotatable bonds is 7. The van der Waals surface area contributed by atoms with Crippen molar-refractivity contribution in [3.8, 4) is 0 Å². The zero-order chi connectivity index (χ0) is 18.5. The predicted molar refractivity (Wildman–Crippen MR) is 107 cm³/mol. The van der Waals surface area contributed by atoms with E-state index in [0.717, 1.165) is 0 Å². The molecule has 6 heteroatoms. The SMILES string of the molecule is CC(C)(C)OC(=O)/C=C/C[C@H](O[Si](C)(C)C(C)(C)C)[C@H](O)CI. The van der Waals surface area contributed by atoms with Crippen LogP contribution in [0.4, 0.5) is 0 Å². The van der Waals surface area contributed by atoms with Gasteiger partial charge >= 0.3 is 5.97 Å². The summed E-state index contributed by atoms with van der Waals surface area (Å²) in [6.45, 7) is 16.3. The maximum Gasteiger partial charge on any atom is 0.330 e. The summed E-state index contributed by atoms with van der Waals surface area (Å²) in [7, 11) is -1.98. The molecule has 0 unspecified atom stereocenters. The molecule has 0 bridgehead atoms. The Labute approximate surface area is 156 Å². The van der Waals surface area contributed by atoms with Gasteiger partial charge in [-0.15, -0.1) is 0 Å². The Morgan fingerprint density at radius 3 is 2.13 bits per heavy atom. The molecule has 0 rings (SSSR count). The van der Waals surface area contributed by atoms with Crippen LogP contribution in [-0.2, 0) is 14.0 Å². The number of ether oxygens (including phenoxy) is 1. The van der Waals surface area contributed by atoms with Crippen LogP contribution in [0, 0.1) is 0 Å². The van der Waals surface area contributed by atoms with Crippen molar-refractivity contribution in [1.82, 2.24) is 0 Å². The number of carbonyl (C=O) groups excluding carboxylic acids is 1. The lowest BCUT2D eigenvalue weighted by Gasteiger charge is -2.40. The minimum absolute atomic E-state index is 0.0745. The molecule has 0 heterocycles. The van der Waals surface area contributed by atoms with E-state index < -0.39 is 20.0 Å². The van der Waals surface area contributed by atoms with Gasteiger partial charge in [0.25, 0.3) is 0 Å². The van der Waals surface area contributed by atoms with Gasteiger partial charge in [-0.25, -0.2) is 4.79 Å². The van der Waals surface area contributed by atoms with Crippen LogP contribution in [0.5, 0.6) is 0 Å². The molecule has 0 aliphatic carbocycles. The van der Waals surface area contributed by atoms with Crippen molar-refractivity contribution in [2.24, 2.45) is 0 Å². The van der Waals surface area contributed by atoms with Crippen molar-refractivity contribution in [2.45, 2.75) is 83.9 Å². The Bertz CT molecular complexity index is 408. The summed E-state index contributed by atoms with van der Waals surface area (Å²) in [6.07, 6.45) is 2.81. The van der Waals surface area contributed by atoms with E-state index in [9.17, 15) is 9.90 Å². The maximum absolute atomic E-state index is 11.7. The zero-order valence-corrected chi connectivity index (χ0v) is 18.9. The molecule has 0 aliphatic heterocycles. The Balaban J connectivity index is 4.87. The Hall–Kier alpha value is 0.0769. The molecule has 0 spiro atoms. The van der Waals surface area contributed by atoms with E-state index in [0.29, 0.717) is 10.8 Å². The first-order valence-corrected chi connectivity index (χ1v) is 12.4. The van der Waals surface area contributed by atoms with Crippen LogP contribution in [-0.4, -0.2) is 41.6 Å². The van der Waals surface area contributed by atoms with E-state index in [-0.39, 0.29) is 17.1 Å². The summed E-state index contributed by atoms with van der Waals surface area (Å²) >= 11 is 2.15. The molecule has 0 aromatic rings. The van der Waals surface area contributed by atoms with Gasteiger partial charge in [0.15, 0.2) is 8.32 Å². The lowest BCUT2D eigenvalue weighted by molar-refractivity contribution is -0.148. The van der Waals surface area contributed by atoms with Crippen molar-refractivity contribution < 1.29 is 19.1 Å². The molecule has 2 atom stereocenters. The van der Waals surface area contributed by atoms with Crippen molar-refractivity contribution in [2.75, 3.05) is 4.43 Å². The smallest absolute Gasteiger partial charge is 0.330 e. The molecule has 0 aromatic carbocycles. The average molecular weight is 456 g/mol. The molecule has 23 heavy (non-hydrogen) atoms. The van der Waals surface area contributed by atoms with Crippen LogP contribution in [0.15, 0.2) is 12.2 Å². The molecular weight excluding hydrogens is 423 g/mol. The topological polar surface area (TPSA) is 55.8 Å². The molecule has 0 saturated heterocycles. The third-order valence-corrected chi connectivity index (χ3v) is 9.28. The minimum Gasteiger partial charge on any atom is -0.457 e. The first kappa shape index (κ1) is 23.1. The predicted octanol–water partition coefficient (Wildman–Crippen LogP) is 4.46. The van der Waals surface area contributed by atoms with Gasteiger partial charge < -0.3 is 14.3 Å². The van der Waals surface area contributed by atoms with Gasteiger partial charge in [0, 0.05) is 10.5 Å². The standard InChI is InChI=1S/C17H33IO4Si/c1-16(2,3)21-15(20)11-9-10-14(13(19)12-18)22-23(7,8)17(4,5)6/h9,11,13-14,19H,10,12H2,1-8H3/b11-9+/t13-,14+/m1/s1. The molecule has 0 radical (unpaired) electrons.